The summed E-state index contributed by atoms with van der Waals surface area (Å²) < 4.78 is 26.8. The molecule has 9 heteroatoms. The Kier molecular flexibility index (Phi) is 7.54. The van der Waals surface area contributed by atoms with Crippen LogP contribution in [0.4, 0.5) is 0 Å². The van der Waals surface area contributed by atoms with Gasteiger partial charge in [0.1, 0.15) is 11.7 Å². The van der Waals surface area contributed by atoms with Gasteiger partial charge in [-0.25, -0.2) is 4.79 Å². The summed E-state index contributed by atoms with van der Waals surface area (Å²) in [6, 6.07) is 3.32. The molecule has 0 amide bonds. The summed E-state index contributed by atoms with van der Waals surface area (Å²) in [7, 11) is 5.75. The summed E-state index contributed by atoms with van der Waals surface area (Å²) in [6.07, 6.45) is 0.431. The van der Waals surface area contributed by atoms with E-state index in [2.05, 4.69) is 5.32 Å². The molecular weight excluding hydrogens is 442 g/mol. The largest absolute Gasteiger partial charge is 0.496 e. The minimum absolute atomic E-state index is 0.160. The second-order valence-corrected chi connectivity index (χ2v) is 8.21. The van der Waals surface area contributed by atoms with E-state index in [0.29, 0.717) is 46.2 Å². The van der Waals surface area contributed by atoms with E-state index in [1.165, 1.54) is 28.4 Å². The van der Waals surface area contributed by atoms with Crippen LogP contribution >= 0.6 is 0 Å². The molecule has 0 saturated carbocycles. The Labute approximate surface area is 199 Å². The molecule has 0 radical (unpaired) electrons. The molecule has 184 valence electrons. The zero-order valence-corrected chi connectivity index (χ0v) is 20.6. The highest BCUT2D eigenvalue weighted by Crippen LogP contribution is 2.49. The normalized spacial score (nSPS) is 22.0. The predicted molar refractivity (Wildman–Crippen MR) is 123 cm³/mol. The molecule has 1 aliphatic carbocycles. The number of carbonyl (C=O) groups excluding carboxylic acids is 3. The number of hydrogen-bond acceptors (Lipinski definition) is 9. The van der Waals surface area contributed by atoms with Gasteiger partial charge in [-0.1, -0.05) is 6.92 Å². The maximum atomic E-state index is 13.8. The van der Waals surface area contributed by atoms with Gasteiger partial charge in [-0.05, 0) is 32.3 Å². The third-order valence-corrected chi connectivity index (χ3v) is 6.29. The smallest absolute Gasteiger partial charge is 0.336 e. The first-order valence-electron chi connectivity index (χ1n) is 11.0. The number of hydrogen-bond donors (Lipinski definition) is 1. The first-order chi connectivity index (χ1) is 16.2. The zero-order chi connectivity index (χ0) is 25.2. The average Bonchev–Trinajstić information content (AvgIpc) is 2.81. The molecule has 0 bridgehead atoms. The number of carbonyl (C=O) groups is 3. The van der Waals surface area contributed by atoms with Gasteiger partial charge in [-0.15, -0.1) is 0 Å². The van der Waals surface area contributed by atoms with E-state index < -0.39 is 29.6 Å². The Morgan fingerprint density at radius 2 is 1.65 bits per heavy atom. The van der Waals surface area contributed by atoms with Crippen molar-refractivity contribution in [2.75, 3.05) is 35.0 Å². The van der Waals surface area contributed by atoms with E-state index in [1.807, 2.05) is 6.92 Å². The summed E-state index contributed by atoms with van der Waals surface area (Å²) >= 11 is 0. The van der Waals surface area contributed by atoms with Crippen LogP contribution in [-0.4, -0.2) is 52.8 Å². The van der Waals surface area contributed by atoms with Gasteiger partial charge in [-0.2, -0.15) is 0 Å². The molecule has 0 spiro atoms. The van der Waals surface area contributed by atoms with Gasteiger partial charge < -0.3 is 29.0 Å². The fourth-order valence-corrected chi connectivity index (χ4v) is 4.75. The lowest BCUT2D eigenvalue weighted by atomic mass is 9.69. The number of benzene rings is 1. The van der Waals surface area contributed by atoms with Crippen LogP contribution in [0.5, 0.6) is 17.2 Å². The summed E-state index contributed by atoms with van der Waals surface area (Å²) in [5.74, 6) is -2.46. The lowest BCUT2D eigenvalue weighted by molar-refractivity contribution is -0.151. The van der Waals surface area contributed by atoms with Crippen molar-refractivity contribution in [2.24, 2.45) is 11.8 Å². The standard InChI is InChI=1S/C25H31NO8/c1-8-34-25(29)20-13(3)26-15-9-12(2)19(24(28)33-7)23(27)22(15)21(20)14-10-17(31-5)18(32-6)11-16(14)30-4/h10-12,19,21,26H,8-9H2,1-7H3/t12-,19+,21-/m0/s1. The van der Waals surface area contributed by atoms with Gasteiger partial charge in [0.25, 0.3) is 0 Å². The second-order valence-electron chi connectivity index (χ2n) is 8.21. The molecule has 1 heterocycles. The topological polar surface area (TPSA) is 109 Å². The van der Waals surface area contributed by atoms with Crippen LogP contribution in [-0.2, 0) is 23.9 Å². The number of dihydropyridines is 1. The van der Waals surface area contributed by atoms with Crippen LogP contribution in [0.2, 0.25) is 0 Å². The average molecular weight is 474 g/mol. The van der Waals surface area contributed by atoms with Crippen molar-refractivity contribution in [2.45, 2.75) is 33.1 Å². The monoisotopic (exact) mass is 473 g/mol. The fourth-order valence-electron chi connectivity index (χ4n) is 4.75. The van der Waals surface area contributed by atoms with E-state index in [-0.39, 0.29) is 18.1 Å². The molecular formula is C25H31NO8. The molecule has 0 unspecified atom stereocenters. The van der Waals surface area contributed by atoms with Crippen molar-refractivity contribution in [3.05, 3.63) is 40.2 Å². The SMILES string of the molecule is CCOC(=O)C1=C(C)NC2=C(C(=O)[C@H](C(=O)OC)[C@@H](C)C2)[C@H]1c1cc(OC)c(OC)cc1OC. The second kappa shape index (κ2) is 10.2. The highest BCUT2D eigenvalue weighted by Gasteiger charge is 2.48. The van der Waals surface area contributed by atoms with E-state index in [4.69, 9.17) is 23.7 Å². The molecule has 0 aromatic heterocycles. The van der Waals surface area contributed by atoms with Gasteiger partial charge in [0.05, 0.1) is 46.5 Å². The number of rotatable bonds is 7. The number of Topliss-reactive ketones (excluding diaryl/α,β-unsaturated/α-hetero) is 1. The fraction of sp³-hybridized carbons (Fsp3) is 0.480. The van der Waals surface area contributed by atoms with Crippen LogP contribution in [0.25, 0.3) is 0 Å². The van der Waals surface area contributed by atoms with E-state index >= 15 is 0 Å². The third kappa shape index (κ3) is 4.22. The van der Waals surface area contributed by atoms with Crippen molar-refractivity contribution in [3.63, 3.8) is 0 Å². The quantitative estimate of drug-likeness (QED) is 0.472. The molecule has 0 fully saturated rings. The maximum absolute atomic E-state index is 13.8. The highest BCUT2D eigenvalue weighted by molar-refractivity contribution is 6.12. The zero-order valence-electron chi connectivity index (χ0n) is 20.6. The number of allylic oxidation sites excluding steroid dienone is 3. The Balaban J connectivity index is 2.32. The van der Waals surface area contributed by atoms with Crippen molar-refractivity contribution in [3.8, 4) is 17.2 Å². The van der Waals surface area contributed by atoms with Gasteiger partial charge in [0.2, 0.25) is 0 Å². The van der Waals surface area contributed by atoms with Crippen molar-refractivity contribution < 1.29 is 38.1 Å². The third-order valence-electron chi connectivity index (χ3n) is 6.29. The Bertz CT molecular complexity index is 1070. The van der Waals surface area contributed by atoms with Crippen LogP contribution in [0.1, 0.15) is 38.7 Å². The first kappa shape index (κ1) is 25.1. The maximum Gasteiger partial charge on any atom is 0.336 e. The van der Waals surface area contributed by atoms with Crippen molar-refractivity contribution in [1.82, 2.24) is 5.32 Å². The van der Waals surface area contributed by atoms with Crippen molar-refractivity contribution in [1.29, 1.82) is 0 Å². The van der Waals surface area contributed by atoms with E-state index in [1.54, 1.807) is 26.0 Å². The molecule has 0 saturated heterocycles. The van der Waals surface area contributed by atoms with Crippen LogP contribution in [0, 0.1) is 11.8 Å². The summed E-state index contributed by atoms with van der Waals surface area (Å²) in [6.45, 7) is 5.46. The van der Waals surface area contributed by atoms with Gasteiger partial charge in [0, 0.05) is 28.6 Å². The number of esters is 2. The molecule has 1 N–H and O–H groups in total. The van der Waals surface area contributed by atoms with Crippen LogP contribution in [0.15, 0.2) is 34.7 Å². The minimum Gasteiger partial charge on any atom is -0.496 e. The Morgan fingerprint density at radius 3 is 2.21 bits per heavy atom. The molecule has 3 rings (SSSR count). The molecule has 2 aliphatic rings. The molecule has 3 atom stereocenters. The summed E-state index contributed by atoms with van der Waals surface area (Å²) in [5, 5.41) is 3.22. The summed E-state index contributed by atoms with van der Waals surface area (Å²) in [5.41, 5.74) is 2.31. The molecule has 1 aromatic carbocycles. The Hall–Kier alpha value is -3.49. The van der Waals surface area contributed by atoms with Crippen LogP contribution in [0.3, 0.4) is 0 Å². The number of methoxy groups -OCH3 is 4. The summed E-state index contributed by atoms with van der Waals surface area (Å²) in [4.78, 5) is 39.5. The van der Waals surface area contributed by atoms with Crippen LogP contribution < -0.4 is 19.5 Å². The van der Waals surface area contributed by atoms with Gasteiger partial charge >= 0.3 is 11.9 Å². The highest BCUT2D eigenvalue weighted by atomic mass is 16.5. The Morgan fingerprint density at radius 1 is 1.03 bits per heavy atom. The van der Waals surface area contributed by atoms with E-state index in [9.17, 15) is 14.4 Å². The molecule has 9 nitrogen and oxygen atoms in total. The lowest BCUT2D eigenvalue weighted by Gasteiger charge is -2.38. The molecule has 1 aliphatic heterocycles. The van der Waals surface area contributed by atoms with Crippen molar-refractivity contribution >= 4 is 17.7 Å². The minimum atomic E-state index is -0.985. The number of nitrogens with one attached hydrogen (secondary N) is 1. The van der Waals surface area contributed by atoms with Gasteiger partial charge in [-0.3, -0.25) is 9.59 Å². The number of ketones is 1. The van der Waals surface area contributed by atoms with E-state index in [0.717, 1.165) is 0 Å². The molecule has 1 aromatic rings. The lowest BCUT2D eigenvalue weighted by Crippen LogP contribution is -2.43. The first-order valence-corrected chi connectivity index (χ1v) is 11.0. The molecule has 34 heavy (non-hydrogen) atoms. The number of ether oxygens (including phenoxy) is 5. The van der Waals surface area contributed by atoms with Gasteiger partial charge in [0.15, 0.2) is 17.3 Å². The predicted octanol–water partition coefficient (Wildman–Crippen LogP) is 2.89.